The van der Waals surface area contributed by atoms with Crippen LogP contribution in [0, 0.1) is 13.8 Å². The van der Waals surface area contributed by atoms with Crippen LogP contribution in [-0.4, -0.2) is 39.2 Å². The fourth-order valence-corrected chi connectivity index (χ4v) is 3.81. The molecule has 1 aliphatic rings. The second-order valence-corrected chi connectivity index (χ2v) is 6.71. The highest BCUT2D eigenvalue weighted by atomic mass is 32.1. The zero-order chi connectivity index (χ0) is 14.3. The molecule has 3 rings (SSSR count). The maximum absolute atomic E-state index is 12.2. The summed E-state index contributed by atoms with van der Waals surface area (Å²) in [6.45, 7) is 6.18. The average molecular weight is 293 g/mol. The Balaban J connectivity index is 1.91. The lowest BCUT2D eigenvalue weighted by Gasteiger charge is -2.29. The Bertz CT molecular complexity index is 692. The molecule has 0 aliphatic carbocycles. The largest absolute Gasteiger partial charge is 0.392 e. The standard InChI is InChI=1S/C14H19N3O2S/c1-8-9(2)20-14-12(8)13(19)15-11(16-14)7-17-5-3-4-10(18)6-17/h10,18H,3-7H2,1-2H3,(H,15,16,19)/t10-/m0/s1. The van der Waals surface area contributed by atoms with E-state index in [0.29, 0.717) is 18.9 Å². The molecule has 108 valence electrons. The molecular formula is C14H19N3O2S. The topological polar surface area (TPSA) is 69.2 Å². The van der Waals surface area contributed by atoms with Gasteiger partial charge in [-0.15, -0.1) is 11.3 Å². The molecular weight excluding hydrogens is 274 g/mol. The van der Waals surface area contributed by atoms with Crippen molar-refractivity contribution >= 4 is 21.6 Å². The van der Waals surface area contributed by atoms with Crippen LogP contribution < -0.4 is 5.56 Å². The van der Waals surface area contributed by atoms with Gasteiger partial charge in [0.2, 0.25) is 0 Å². The van der Waals surface area contributed by atoms with Crippen LogP contribution in [0.2, 0.25) is 0 Å². The number of piperidine rings is 1. The highest BCUT2D eigenvalue weighted by molar-refractivity contribution is 7.18. The number of fused-ring (bicyclic) bond motifs is 1. The van der Waals surface area contributed by atoms with Gasteiger partial charge < -0.3 is 10.1 Å². The van der Waals surface area contributed by atoms with Crippen LogP contribution in [0.1, 0.15) is 29.1 Å². The second-order valence-electron chi connectivity index (χ2n) is 5.51. The predicted octanol–water partition coefficient (Wildman–Crippen LogP) is 1.56. The van der Waals surface area contributed by atoms with Crippen molar-refractivity contribution in [1.82, 2.24) is 14.9 Å². The summed E-state index contributed by atoms with van der Waals surface area (Å²) in [4.78, 5) is 23.7. The molecule has 1 fully saturated rings. The lowest BCUT2D eigenvalue weighted by Crippen LogP contribution is -2.38. The molecule has 1 atom stereocenters. The van der Waals surface area contributed by atoms with E-state index in [-0.39, 0.29) is 11.7 Å². The van der Waals surface area contributed by atoms with Crippen molar-refractivity contribution in [3.8, 4) is 0 Å². The normalized spacial score (nSPS) is 20.6. The SMILES string of the molecule is Cc1sc2nc(CN3CCC[C@H](O)C3)[nH]c(=O)c2c1C. The van der Waals surface area contributed by atoms with Crippen LogP contribution in [0.15, 0.2) is 4.79 Å². The monoisotopic (exact) mass is 293 g/mol. The minimum Gasteiger partial charge on any atom is -0.392 e. The molecule has 0 radical (unpaired) electrons. The number of aliphatic hydroxyl groups excluding tert-OH is 1. The van der Waals surface area contributed by atoms with Crippen molar-refractivity contribution < 1.29 is 5.11 Å². The molecule has 0 bridgehead atoms. The zero-order valence-corrected chi connectivity index (χ0v) is 12.6. The number of nitrogens with zero attached hydrogens (tertiary/aromatic N) is 2. The molecule has 0 spiro atoms. The number of aliphatic hydroxyl groups is 1. The van der Waals surface area contributed by atoms with Gasteiger partial charge in [0.25, 0.3) is 5.56 Å². The van der Waals surface area contributed by atoms with Gasteiger partial charge in [0, 0.05) is 11.4 Å². The van der Waals surface area contributed by atoms with E-state index in [9.17, 15) is 9.90 Å². The van der Waals surface area contributed by atoms with Gasteiger partial charge in [-0.1, -0.05) is 0 Å². The van der Waals surface area contributed by atoms with Gasteiger partial charge in [-0.2, -0.15) is 0 Å². The fraction of sp³-hybridized carbons (Fsp3) is 0.571. The smallest absolute Gasteiger partial charge is 0.259 e. The molecule has 0 unspecified atom stereocenters. The minimum absolute atomic E-state index is 0.0515. The molecule has 0 amide bonds. The maximum atomic E-state index is 12.2. The summed E-state index contributed by atoms with van der Waals surface area (Å²) in [6, 6.07) is 0. The van der Waals surface area contributed by atoms with Gasteiger partial charge in [0.15, 0.2) is 0 Å². The number of rotatable bonds is 2. The lowest BCUT2D eigenvalue weighted by molar-refractivity contribution is 0.0655. The predicted molar refractivity (Wildman–Crippen MR) is 80.2 cm³/mol. The van der Waals surface area contributed by atoms with E-state index in [0.717, 1.165) is 40.0 Å². The lowest BCUT2D eigenvalue weighted by atomic mass is 10.1. The van der Waals surface area contributed by atoms with Crippen LogP contribution in [0.3, 0.4) is 0 Å². The van der Waals surface area contributed by atoms with Crippen LogP contribution in [0.25, 0.3) is 10.2 Å². The third kappa shape index (κ3) is 2.51. The quantitative estimate of drug-likeness (QED) is 0.881. The number of nitrogens with one attached hydrogen (secondary N) is 1. The first-order valence-electron chi connectivity index (χ1n) is 6.94. The van der Waals surface area contributed by atoms with Gasteiger partial charge in [-0.05, 0) is 38.8 Å². The van der Waals surface area contributed by atoms with Crippen LogP contribution >= 0.6 is 11.3 Å². The third-order valence-corrected chi connectivity index (χ3v) is 5.04. The molecule has 3 heterocycles. The maximum Gasteiger partial charge on any atom is 0.259 e. The molecule has 1 saturated heterocycles. The van der Waals surface area contributed by atoms with Crippen LogP contribution in [0.4, 0.5) is 0 Å². The van der Waals surface area contributed by atoms with Crippen LogP contribution in [0.5, 0.6) is 0 Å². The number of aryl methyl sites for hydroxylation is 2. The summed E-state index contributed by atoms with van der Waals surface area (Å²) >= 11 is 1.57. The molecule has 2 aromatic rings. The number of likely N-dealkylation sites (tertiary alicyclic amines) is 1. The Morgan fingerprint density at radius 1 is 1.50 bits per heavy atom. The molecule has 2 aromatic heterocycles. The molecule has 20 heavy (non-hydrogen) atoms. The average Bonchev–Trinajstić information content (AvgIpc) is 2.65. The Morgan fingerprint density at radius 2 is 2.30 bits per heavy atom. The summed E-state index contributed by atoms with van der Waals surface area (Å²) in [7, 11) is 0. The van der Waals surface area contributed by atoms with E-state index in [2.05, 4.69) is 14.9 Å². The Kier molecular flexibility index (Phi) is 3.62. The van der Waals surface area contributed by atoms with Crippen molar-refractivity contribution in [2.45, 2.75) is 39.3 Å². The second kappa shape index (κ2) is 5.27. The fourth-order valence-electron chi connectivity index (χ4n) is 2.76. The van der Waals surface area contributed by atoms with Gasteiger partial charge in [-0.3, -0.25) is 9.69 Å². The number of aromatic amines is 1. The zero-order valence-electron chi connectivity index (χ0n) is 11.8. The van der Waals surface area contributed by atoms with E-state index in [1.54, 1.807) is 11.3 Å². The Hall–Kier alpha value is -1.24. The summed E-state index contributed by atoms with van der Waals surface area (Å²) in [5, 5.41) is 10.4. The van der Waals surface area contributed by atoms with Gasteiger partial charge in [-0.25, -0.2) is 4.98 Å². The van der Waals surface area contributed by atoms with Crippen molar-refractivity contribution in [1.29, 1.82) is 0 Å². The molecule has 6 heteroatoms. The first-order chi connectivity index (χ1) is 9.54. The van der Waals surface area contributed by atoms with Crippen molar-refractivity contribution in [3.63, 3.8) is 0 Å². The Labute approximate surface area is 121 Å². The van der Waals surface area contributed by atoms with Gasteiger partial charge in [0.1, 0.15) is 10.7 Å². The van der Waals surface area contributed by atoms with Crippen molar-refractivity contribution in [2.75, 3.05) is 13.1 Å². The highest BCUT2D eigenvalue weighted by Crippen LogP contribution is 2.25. The van der Waals surface area contributed by atoms with Crippen molar-refractivity contribution in [2.24, 2.45) is 0 Å². The molecule has 1 aliphatic heterocycles. The Morgan fingerprint density at radius 3 is 3.05 bits per heavy atom. The number of hydrogen-bond acceptors (Lipinski definition) is 5. The molecule has 0 aromatic carbocycles. The number of hydrogen-bond donors (Lipinski definition) is 2. The first kappa shape index (κ1) is 13.7. The molecule has 5 nitrogen and oxygen atoms in total. The van der Waals surface area contributed by atoms with E-state index in [4.69, 9.17) is 0 Å². The van der Waals surface area contributed by atoms with E-state index in [1.165, 1.54) is 0 Å². The van der Waals surface area contributed by atoms with Crippen molar-refractivity contribution in [3.05, 3.63) is 26.6 Å². The highest BCUT2D eigenvalue weighted by Gasteiger charge is 2.19. The van der Waals surface area contributed by atoms with Crippen LogP contribution in [-0.2, 0) is 6.54 Å². The number of aromatic nitrogens is 2. The minimum atomic E-state index is -0.259. The number of thiophene rings is 1. The molecule has 0 saturated carbocycles. The van der Waals surface area contributed by atoms with E-state index < -0.39 is 0 Å². The van der Waals surface area contributed by atoms with Gasteiger partial charge in [0.05, 0.1) is 18.0 Å². The third-order valence-electron chi connectivity index (χ3n) is 3.94. The summed E-state index contributed by atoms with van der Waals surface area (Å²) < 4.78 is 0. The molecule has 2 N–H and O–H groups in total. The summed E-state index contributed by atoms with van der Waals surface area (Å²) in [6.07, 6.45) is 1.60. The van der Waals surface area contributed by atoms with E-state index >= 15 is 0 Å². The van der Waals surface area contributed by atoms with E-state index in [1.807, 2.05) is 13.8 Å². The summed E-state index contributed by atoms with van der Waals surface area (Å²) in [5.41, 5.74) is 0.975. The number of β-amino-alcohol motifs (C(OH)–C–C–N with tert-alkyl or cyclic N) is 1. The summed E-state index contributed by atoms with van der Waals surface area (Å²) in [5.74, 6) is 0.692. The first-order valence-corrected chi connectivity index (χ1v) is 7.75. The van der Waals surface area contributed by atoms with Gasteiger partial charge >= 0.3 is 0 Å². The number of H-pyrrole nitrogens is 1.